The molecule has 1 aliphatic carbocycles. The third-order valence-corrected chi connectivity index (χ3v) is 9.19. The van der Waals surface area contributed by atoms with Gasteiger partial charge in [0, 0.05) is 39.4 Å². The summed E-state index contributed by atoms with van der Waals surface area (Å²) in [7, 11) is 2.80. The first-order valence-corrected chi connectivity index (χ1v) is 17.6. The second-order valence-electron chi connectivity index (χ2n) is 13.5. The molecule has 3 amide bonds. The van der Waals surface area contributed by atoms with Gasteiger partial charge in [0.25, 0.3) is 0 Å². The van der Waals surface area contributed by atoms with Gasteiger partial charge >= 0.3 is 6.18 Å². The van der Waals surface area contributed by atoms with Gasteiger partial charge in [-0.3, -0.25) is 19.3 Å². The summed E-state index contributed by atoms with van der Waals surface area (Å²) in [5.74, 6) is 5.94. The molecule has 0 spiro atoms. The zero-order valence-electron chi connectivity index (χ0n) is 29.7. The molecule has 0 bridgehead atoms. The van der Waals surface area contributed by atoms with E-state index < -0.39 is 60.7 Å². The van der Waals surface area contributed by atoms with Crippen molar-refractivity contribution in [3.05, 3.63) is 35.9 Å². The van der Waals surface area contributed by atoms with Crippen LogP contribution < -0.4 is 10.6 Å². The van der Waals surface area contributed by atoms with Crippen LogP contribution in [0.3, 0.4) is 0 Å². The highest BCUT2D eigenvalue weighted by molar-refractivity contribution is 5.91. The van der Waals surface area contributed by atoms with Crippen LogP contribution in [-0.4, -0.2) is 102 Å². The number of carbonyl (C=O) groups excluding carboxylic acids is 3. The number of rotatable bonds is 20. The maximum absolute atomic E-state index is 13.8. The second kappa shape index (κ2) is 22.3. The fourth-order valence-electron chi connectivity index (χ4n) is 6.26. The number of alkyl halides is 3. The van der Waals surface area contributed by atoms with E-state index in [1.165, 1.54) is 19.0 Å². The Labute approximate surface area is 295 Å². The van der Waals surface area contributed by atoms with Gasteiger partial charge in [-0.05, 0) is 51.1 Å². The average molecular weight is 705 g/mol. The Morgan fingerprint density at radius 1 is 1.02 bits per heavy atom. The number of halogens is 3. The Balaban J connectivity index is 2.23. The number of terminal acetylenes is 1. The van der Waals surface area contributed by atoms with Crippen LogP contribution in [0.2, 0.25) is 0 Å². The minimum absolute atomic E-state index is 0.0122. The fraction of sp³-hybridized carbons (Fsp3) is 0.658. The van der Waals surface area contributed by atoms with Gasteiger partial charge in [-0.2, -0.15) is 13.2 Å². The van der Waals surface area contributed by atoms with Crippen molar-refractivity contribution in [3.63, 3.8) is 0 Å². The maximum Gasteiger partial charge on any atom is 0.401 e. The van der Waals surface area contributed by atoms with Gasteiger partial charge in [0.2, 0.25) is 17.7 Å². The third kappa shape index (κ3) is 16.4. The molecule has 0 aromatic heterocycles. The number of nitrogens with one attached hydrogen (secondary N) is 2. The number of nitrogens with zero attached hydrogens (tertiary/aromatic N) is 2. The smallest absolute Gasteiger partial charge is 0.390 e. The Bertz CT molecular complexity index is 1290. The van der Waals surface area contributed by atoms with Crippen molar-refractivity contribution in [3.8, 4) is 24.2 Å². The molecule has 1 aromatic carbocycles. The zero-order valence-corrected chi connectivity index (χ0v) is 29.7. The second-order valence-corrected chi connectivity index (χ2v) is 13.5. The molecule has 50 heavy (non-hydrogen) atoms. The van der Waals surface area contributed by atoms with E-state index >= 15 is 0 Å². The van der Waals surface area contributed by atoms with Crippen molar-refractivity contribution in [1.29, 1.82) is 0 Å². The number of amides is 3. The zero-order chi connectivity index (χ0) is 37.1. The maximum atomic E-state index is 13.8. The van der Waals surface area contributed by atoms with Gasteiger partial charge in [-0.15, -0.1) is 24.2 Å². The Kier molecular flexibility index (Phi) is 19.0. The summed E-state index contributed by atoms with van der Waals surface area (Å²) in [6, 6.07) is 7.19. The summed E-state index contributed by atoms with van der Waals surface area (Å²) in [4.78, 5) is 43.3. The van der Waals surface area contributed by atoms with Crippen molar-refractivity contribution < 1.29 is 37.8 Å². The van der Waals surface area contributed by atoms with E-state index in [1.54, 1.807) is 19.1 Å². The summed E-state index contributed by atoms with van der Waals surface area (Å²) in [6.07, 6.45) is 5.40. The molecular formula is C38H55F3N4O5. The normalized spacial score (nSPS) is 16.6. The predicted molar refractivity (Wildman–Crippen MR) is 187 cm³/mol. The fourth-order valence-corrected chi connectivity index (χ4v) is 6.26. The van der Waals surface area contributed by atoms with Crippen molar-refractivity contribution in [2.24, 2.45) is 11.8 Å². The van der Waals surface area contributed by atoms with Crippen LogP contribution in [0.5, 0.6) is 0 Å². The van der Waals surface area contributed by atoms with Crippen molar-refractivity contribution >= 4 is 17.7 Å². The first-order valence-electron chi connectivity index (χ1n) is 17.6. The molecule has 1 saturated carbocycles. The van der Waals surface area contributed by atoms with Crippen LogP contribution in [0.15, 0.2) is 30.3 Å². The van der Waals surface area contributed by atoms with E-state index in [4.69, 9.17) is 6.42 Å². The first kappa shape index (κ1) is 42.6. The lowest BCUT2D eigenvalue weighted by atomic mass is 9.82. The van der Waals surface area contributed by atoms with Crippen LogP contribution in [0, 0.1) is 36.0 Å². The standard InChI is InChI=1S/C38H55F3N4O5/c1-5-7-11-21-33(46)35(48)32(25-29-18-14-10-15-19-29)43-37(50)31(20-8-6-2)42-36(49)30(24-28-16-12-9-13-17-28)26-34(47)45(4)23-22-44(3)27-38(39,40)41/h1,9,12-13,16-17,29-33,35,46,48H,7,10-11,14-15,18-27H2,2-4H3,(H,42,49)(H,43,50)/t30-,31-,32-,33-,35+/m0/s1. The quantitative estimate of drug-likeness (QED) is 0.120. The minimum atomic E-state index is -4.36. The lowest BCUT2D eigenvalue weighted by Gasteiger charge is -2.33. The van der Waals surface area contributed by atoms with Crippen LogP contribution in [-0.2, 0) is 20.8 Å². The SMILES string of the molecule is C#CCCC[C@H](O)[C@H](O)[C@H](CC1CCCCC1)NC(=O)[C@H](CC#CC)NC(=O)[C@H](CC(=O)N(C)CCN(C)CC(F)(F)F)Cc1ccccc1. The van der Waals surface area contributed by atoms with Gasteiger partial charge in [0.15, 0.2) is 0 Å². The van der Waals surface area contributed by atoms with Crippen molar-refractivity contribution in [2.75, 3.05) is 33.7 Å². The monoisotopic (exact) mass is 704 g/mol. The van der Waals surface area contributed by atoms with Crippen molar-refractivity contribution in [1.82, 2.24) is 20.4 Å². The Hall–Kier alpha value is -3.58. The number of hydrogen-bond donors (Lipinski definition) is 4. The lowest BCUT2D eigenvalue weighted by molar-refractivity contribution is -0.144. The molecule has 0 heterocycles. The highest BCUT2D eigenvalue weighted by Crippen LogP contribution is 2.29. The number of likely N-dealkylation sites (N-methyl/N-ethyl adjacent to an activating group) is 2. The molecule has 1 fully saturated rings. The van der Waals surface area contributed by atoms with E-state index in [0.29, 0.717) is 19.3 Å². The number of hydrogen-bond acceptors (Lipinski definition) is 6. The summed E-state index contributed by atoms with van der Waals surface area (Å²) < 4.78 is 38.3. The van der Waals surface area contributed by atoms with Crippen LogP contribution in [0.25, 0.3) is 0 Å². The first-order chi connectivity index (χ1) is 23.7. The molecule has 4 N–H and O–H groups in total. The molecular weight excluding hydrogens is 649 g/mol. The number of aliphatic hydroxyl groups excluding tert-OH is 2. The molecule has 0 saturated heterocycles. The molecule has 0 radical (unpaired) electrons. The molecule has 0 aliphatic heterocycles. The third-order valence-electron chi connectivity index (χ3n) is 9.19. The van der Waals surface area contributed by atoms with Crippen molar-refractivity contribution in [2.45, 2.75) is 114 Å². The van der Waals surface area contributed by atoms with Crippen LogP contribution >= 0.6 is 0 Å². The molecule has 1 aliphatic rings. The largest absolute Gasteiger partial charge is 0.401 e. The van der Waals surface area contributed by atoms with E-state index in [-0.39, 0.29) is 44.7 Å². The summed E-state index contributed by atoms with van der Waals surface area (Å²) in [6.45, 7) is 0.516. The molecule has 0 unspecified atom stereocenters. The highest BCUT2D eigenvalue weighted by atomic mass is 19.4. The summed E-state index contributed by atoms with van der Waals surface area (Å²) >= 11 is 0. The van der Waals surface area contributed by atoms with Gasteiger partial charge in [0.05, 0.1) is 30.7 Å². The summed E-state index contributed by atoms with van der Waals surface area (Å²) in [5.41, 5.74) is 0.789. The number of aliphatic hydroxyl groups is 2. The predicted octanol–water partition coefficient (Wildman–Crippen LogP) is 4.07. The Morgan fingerprint density at radius 2 is 1.70 bits per heavy atom. The molecule has 1 aromatic rings. The molecule has 5 atom stereocenters. The average Bonchev–Trinajstić information content (AvgIpc) is 3.08. The van der Waals surface area contributed by atoms with E-state index in [2.05, 4.69) is 28.4 Å². The van der Waals surface area contributed by atoms with Gasteiger partial charge in [-0.25, -0.2) is 0 Å². The number of unbranched alkanes of at least 4 members (excludes halogenated alkanes) is 1. The van der Waals surface area contributed by atoms with E-state index in [0.717, 1.165) is 42.6 Å². The minimum Gasteiger partial charge on any atom is -0.390 e. The lowest BCUT2D eigenvalue weighted by Crippen LogP contribution is -2.56. The van der Waals surface area contributed by atoms with Crippen LogP contribution in [0.1, 0.15) is 83.1 Å². The molecule has 2 rings (SSSR count). The molecule has 12 heteroatoms. The molecule has 9 nitrogen and oxygen atoms in total. The van der Waals surface area contributed by atoms with Gasteiger partial charge < -0.3 is 25.7 Å². The summed E-state index contributed by atoms with van der Waals surface area (Å²) in [5, 5.41) is 27.7. The van der Waals surface area contributed by atoms with E-state index in [9.17, 15) is 37.8 Å². The Morgan fingerprint density at radius 3 is 2.32 bits per heavy atom. The number of carbonyl (C=O) groups is 3. The van der Waals surface area contributed by atoms with Gasteiger partial charge in [-0.1, -0.05) is 62.4 Å². The highest BCUT2D eigenvalue weighted by Gasteiger charge is 2.34. The van der Waals surface area contributed by atoms with E-state index in [1.807, 2.05) is 18.2 Å². The number of benzene rings is 1. The van der Waals surface area contributed by atoms with Gasteiger partial charge in [0.1, 0.15) is 6.04 Å². The molecule has 278 valence electrons. The van der Waals surface area contributed by atoms with Crippen LogP contribution in [0.4, 0.5) is 13.2 Å². The topological polar surface area (TPSA) is 122 Å².